The summed E-state index contributed by atoms with van der Waals surface area (Å²) in [5.41, 5.74) is 1.42. The molecule has 0 saturated carbocycles. The molecule has 1 aromatic heterocycles. The van der Waals surface area contributed by atoms with E-state index in [1.165, 1.54) is 0 Å². The zero-order valence-electron chi connectivity index (χ0n) is 18.1. The number of amides is 1. The van der Waals surface area contributed by atoms with Gasteiger partial charge < -0.3 is 23.8 Å². The van der Waals surface area contributed by atoms with Gasteiger partial charge in [0.15, 0.2) is 11.5 Å². The van der Waals surface area contributed by atoms with Crippen LogP contribution in [-0.4, -0.2) is 54.8 Å². The standard InChI is InChI=1S/C23H30N2O5/c1-5-27-19-13-17(14-20(28-6-2)22(19)29-7-3)23(26)25-12-11-18(15-25)30-21-10-8-9-16(4)24-21/h8-10,13-14,18H,5-7,11-12,15H2,1-4H3. The molecular weight excluding hydrogens is 384 g/mol. The van der Waals surface area contributed by atoms with Crippen molar-refractivity contribution in [3.05, 3.63) is 41.6 Å². The summed E-state index contributed by atoms with van der Waals surface area (Å²) in [5.74, 6) is 2.08. The molecule has 0 aliphatic carbocycles. The van der Waals surface area contributed by atoms with Gasteiger partial charge in [-0.15, -0.1) is 0 Å². The minimum Gasteiger partial charge on any atom is -0.490 e. The van der Waals surface area contributed by atoms with E-state index in [1.807, 2.05) is 45.9 Å². The highest BCUT2D eigenvalue weighted by atomic mass is 16.5. The van der Waals surface area contributed by atoms with E-state index in [0.29, 0.717) is 61.6 Å². The lowest BCUT2D eigenvalue weighted by Crippen LogP contribution is -2.31. The van der Waals surface area contributed by atoms with E-state index in [2.05, 4.69) is 4.98 Å². The molecular formula is C23H30N2O5. The summed E-state index contributed by atoms with van der Waals surface area (Å²) >= 11 is 0. The summed E-state index contributed by atoms with van der Waals surface area (Å²) in [5, 5.41) is 0. The number of rotatable bonds is 9. The van der Waals surface area contributed by atoms with E-state index in [4.69, 9.17) is 18.9 Å². The van der Waals surface area contributed by atoms with Crippen LogP contribution >= 0.6 is 0 Å². The average Bonchev–Trinajstić information content (AvgIpc) is 3.18. The first kappa shape index (κ1) is 21.7. The van der Waals surface area contributed by atoms with Crippen LogP contribution in [-0.2, 0) is 0 Å². The van der Waals surface area contributed by atoms with Crippen LogP contribution in [0.2, 0.25) is 0 Å². The molecule has 1 fully saturated rings. The zero-order chi connectivity index (χ0) is 21.5. The number of benzene rings is 1. The topological polar surface area (TPSA) is 70.1 Å². The monoisotopic (exact) mass is 414 g/mol. The van der Waals surface area contributed by atoms with Gasteiger partial charge >= 0.3 is 0 Å². The largest absolute Gasteiger partial charge is 0.490 e. The number of aryl methyl sites for hydroxylation is 1. The second-order valence-corrected chi connectivity index (χ2v) is 7.00. The fourth-order valence-electron chi connectivity index (χ4n) is 3.46. The van der Waals surface area contributed by atoms with Crippen LogP contribution in [0.4, 0.5) is 0 Å². The average molecular weight is 415 g/mol. The van der Waals surface area contributed by atoms with E-state index >= 15 is 0 Å². The van der Waals surface area contributed by atoms with Crippen LogP contribution < -0.4 is 18.9 Å². The third kappa shape index (κ3) is 5.14. The van der Waals surface area contributed by atoms with Crippen LogP contribution in [0.15, 0.2) is 30.3 Å². The summed E-state index contributed by atoms with van der Waals surface area (Å²) in [6, 6.07) is 9.15. The van der Waals surface area contributed by atoms with Crippen LogP contribution in [0.25, 0.3) is 0 Å². The van der Waals surface area contributed by atoms with Crippen molar-refractivity contribution < 1.29 is 23.7 Å². The van der Waals surface area contributed by atoms with Gasteiger partial charge in [-0.2, -0.15) is 0 Å². The molecule has 2 aromatic rings. The number of pyridine rings is 1. The van der Waals surface area contributed by atoms with E-state index in [1.54, 1.807) is 17.0 Å². The lowest BCUT2D eigenvalue weighted by Gasteiger charge is -2.20. The van der Waals surface area contributed by atoms with Gasteiger partial charge in [0, 0.05) is 30.3 Å². The molecule has 1 aromatic carbocycles. The van der Waals surface area contributed by atoms with Crippen molar-refractivity contribution in [2.24, 2.45) is 0 Å². The van der Waals surface area contributed by atoms with Crippen molar-refractivity contribution in [1.82, 2.24) is 9.88 Å². The maximum Gasteiger partial charge on any atom is 0.254 e. The van der Waals surface area contributed by atoms with E-state index in [-0.39, 0.29) is 12.0 Å². The van der Waals surface area contributed by atoms with E-state index in [9.17, 15) is 4.79 Å². The van der Waals surface area contributed by atoms with E-state index in [0.717, 1.165) is 12.1 Å². The van der Waals surface area contributed by atoms with Gasteiger partial charge in [0.1, 0.15) is 6.10 Å². The number of carbonyl (C=O) groups is 1. The smallest absolute Gasteiger partial charge is 0.254 e. The fraction of sp³-hybridized carbons (Fsp3) is 0.478. The van der Waals surface area contributed by atoms with Gasteiger partial charge in [-0.25, -0.2) is 4.98 Å². The number of aromatic nitrogens is 1. The summed E-state index contributed by atoms with van der Waals surface area (Å²) in [4.78, 5) is 19.4. The van der Waals surface area contributed by atoms with Crippen molar-refractivity contribution in [3.8, 4) is 23.1 Å². The van der Waals surface area contributed by atoms with Crippen LogP contribution in [0.1, 0.15) is 43.2 Å². The minimum atomic E-state index is -0.0803. The fourth-order valence-corrected chi connectivity index (χ4v) is 3.46. The molecule has 3 rings (SSSR count). The maximum absolute atomic E-state index is 13.2. The van der Waals surface area contributed by atoms with Gasteiger partial charge in [-0.05, 0) is 45.9 Å². The molecule has 162 valence electrons. The zero-order valence-corrected chi connectivity index (χ0v) is 18.1. The minimum absolute atomic E-state index is 0.0799. The molecule has 0 radical (unpaired) electrons. The number of nitrogens with zero attached hydrogens (tertiary/aromatic N) is 2. The highest BCUT2D eigenvalue weighted by Crippen LogP contribution is 2.39. The second kappa shape index (κ2) is 10.2. The molecule has 7 heteroatoms. The molecule has 7 nitrogen and oxygen atoms in total. The van der Waals surface area contributed by atoms with Crippen molar-refractivity contribution >= 4 is 5.91 Å². The predicted molar refractivity (Wildman–Crippen MR) is 114 cm³/mol. The number of ether oxygens (including phenoxy) is 4. The van der Waals surface area contributed by atoms with Crippen LogP contribution in [0, 0.1) is 6.92 Å². The normalized spacial score (nSPS) is 15.7. The maximum atomic E-state index is 13.2. The van der Waals surface area contributed by atoms with Crippen molar-refractivity contribution in [2.45, 2.75) is 40.2 Å². The Labute approximate surface area is 177 Å². The Morgan fingerprint density at radius 2 is 1.73 bits per heavy atom. The Hall–Kier alpha value is -2.96. The molecule has 0 bridgehead atoms. The van der Waals surface area contributed by atoms with Gasteiger partial charge in [0.25, 0.3) is 5.91 Å². The summed E-state index contributed by atoms with van der Waals surface area (Å²) in [6.07, 6.45) is 0.679. The molecule has 1 unspecified atom stereocenters. The Morgan fingerprint density at radius 3 is 2.33 bits per heavy atom. The van der Waals surface area contributed by atoms with Gasteiger partial charge in [0.05, 0.1) is 26.4 Å². The molecule has 1 atom stereocenters. The van der Waals surface area contributed by atoms with Crippen LogP contribution in [0.5, 0.6) is 23.1 Å². The second-order valence-electron chi connectivity index (χ2n) is 7.00. The highest BCUT2D eigenvalue weighted by molar-refractivity contribution is 5.96. The molecule has 1 aliphatic rings. The third-order valence-electron chi connectivity index (χ3n) is 4.74. The molecule has 1 amide bonds. The number of hydrogen-bond donors (Lipinski definition) is 0. The first-order chi connectivity index (χ1) is 14.5. The van der Waals surface area contributed by atoms with Crippen molar-refractivity contribution in [2.75, 3.05) is 32.9 Å². The number of likely N-dealkylation sites (tertiary alicyclic amines) is 1. The van der Waals surface area contributed by atoms with Crippen molar-refractivity contribution in [1.29, 1.82) is 0 Å². The van der Waals surface area contributed by atoms with E-state index < -0.39 is 0 Å². The van der Waals surface area contributed by atoms with Gasteiger partial charge in [-0.1, -0.05) is 6.07 Å². The lowest BCUT2D eigenvalue weighted by atomic mass is 10.1. The lowest BCUT2D eigenvalue weighted by molar-refractivity contribution is 0.0770. The molecule has 30 heavy (non-hydrogen) atoms. The molecule has 0 N–H and O–H groups in total. The Balaban J connectivity index is 1.77. The first-order valence-corrected chi connectivity index (χ1v) is 10.5. The molecule has 1 aliphatic heterocycles. The quantitative estimate of drug-likeness (QED) is 0.620. The van der Waals surface area contributed by atoms with Gasteiger partial charge in [0.2, 0.25) is 11.6 Å². The molecule has 0 spiro atoms. The predicted octanol–water partition coefficient (Wildman–Crippen LogP) is 3.88. The number of carbonyl (C=O) groups excluding carboxylic acids is 1. The Morgan fingerprint density at radius 1 is 1.07 bits per heavy atom. The summed E-state index contributed by atoms with van der Waals surface area (Å²) in [7, 11) is 0. The Kier molecular flexibility index (Phi) is 7.38. The SMILES string of the molecule is CCOc1cc(C(=O)N2CCC(Oc3cccc(C)n3)C2)cc(OCC)c1OCC. The molecule has 1 saturated heterocycles. The highest BCUT2D eigenvalue weighted by Gasteiger charge is 2.30. The third-order valence-corrected chi connectivity index (χ3v) is 4.74. The van der Waals surface area contributed by atoms with Gasteiger partial charge in [-0.3, -0.25) is 4.79 Å². The summed E-state index contributed by atoms with van der Waals surface area (Å²) < 4.78 is 23.2. The van der Waals surface area contributed by atoms with Crippen LogP contribution in [0.3, 0.4) is 0 Å². The summed E-state index contributed by atoms with van der Waals surface area (Å²) in [6.45, 7) is 10.2. The first-order valence-electron chi connectivity index (χ1n) is 10.5. The number of hydrogen-bond acceptors (Lipinski definition) is 6. The molecule has 2 heterocycles. The van der Waals surface area contributed by atoms with Crippen molar-refractivity contribution in [3.63, 3.8) is 0 Å². The Bertz CT molecular complexity index is 843.